The van der Waals surface area contributed by atoms with Crippen LogP contribution in [0.1, 0.15) is 32.3 Å². The fourth-order valence-corrected chi connectivity index (χ4v) is 3.73. The van der Waals surface area contributed by atoms with E-state index in [0.29, 0.717) is 6.42 Å². The number of amides is 2. The van der Waals surface area contributed by atoms with Crippen molar-refractivity contribution in [2.45, 2.75) is 39.2 Å². The Morgan fingerprint density at radius 1 is 1.12 bits per heavy atom. The number of piperazine rings is 1. The van der Waals surface area contributed by atoms with Gasteiger partial charge in [0.2, 0.25) is 11.8 Å². The summed E-state index contributed by atoms with van der Waals surface area (Å²) < 4.78 is 0. The van der Waals surface area contributed by atoms with E-state index in [1.54, 1.807) is 4.90 Å². The quantitative estimate of drug-likeness (QED) is 0.851. The summed E-state index contributed by atoms with van der Waals surface area (Å²) in [6.45, 7) is 8.37. The molecule has 2 aliphatic rings. The molecule has 130 valence electrons. The number of likely N-dealkylation sites (N-methyl/N-ethyl adjacent to an activating group) is 1. The van der Waals surface area contributed by atoms with Crippen molar-refractivity contribution in [3.63, 3.8) is 0 Å². The summed E-state index contributed by atoms with van der Waals surface area (Å²) in [4.78, 5) is 31.6. The molecule has 2 aliphatic heterocycles. The average Bonchev–Trinajstić information content (AvgIpc) is 2.78. The number of hydrogen-bond acceptors (Lipinski definition) is 3. The molecule has 2 amide bonds. The Bertz CT molecular complexity index is 608. The van der Waals surface area contributed by atoms with Crippen LogP contribution in [0, 0.1) is 0 Å². The summed E-state index contributed by atoms with van der Waals surface area (Å²) in [5.74, 6) is 0.129. The van der Waals surface area contributed by atoms with Gasteiger partial charge in [-0.05, 0) is 37.9 Å². The number of nitrogens with zero attached hydrogens (tertiary/aromatic N) is 3. The lowest BCUT2D eigenvalue weighted by molar-refractivity contribution is -0.135. The SMILES string of the molecule is CCN1CCN(C(=O)[C@@H](C)N2C(=O)CCCc3ccccc32)CC1. The summed E-state index contributed by atoms with van der Waals surface area (Å²) in [6.07, 6.45) is 2.26. The molecule has 0 aromatic heterocycles. The summed E-state index contributed by atoms with van der Waals surface area (Å²) in [5, 5.41) is 0. The first kappa shape index (κ1) is 17.0. The highest BCUT2D eigenvalue weighted by Crippen LogP contribution is 2.29. The van der Waals surface area contributed by atoms with Crippen molar-refractivity contribution in [3.05, 3.63) is 29.8 Å². The number of aryl methyl sites for hydroxylation is 1. The molecule has 0 unspecified atom stereocenters. The van der Waals surface area contributed by atoms with Gasteiger partial charge in [0.25, 0.3) is 0 Å². The van der Waals surface area contributed by atoms with Gasteiger partial charge in [0, 0.05) is 38.3 Å². The van der Waals surface area contributed by atoms with Crippen LogP contribution in [0.25, 0.3) is 0 Å². The molecule has 5 nitrogen and oxygen atoms in total. The number of para-hydroxylation sites is 1. The number of carbonyl (C=O) groups is 2. The molecule has 0 N–H and O–H groups in total. The minimum atomic E-state index is -0.440. The first-order valence-electron chi connectivity index (χ1n) is 9.03. The monoisotopic (exact) mass is 329 g/mol. The lowest BCUT2D eigenvalue weighted by Gasteiger charge is -2.38. The van der Waals surface area contributed by atoms with Crippen LogP contribution in [-0.2, 0) is 16.0 Å². The van der Waals surface area contributed by atoms with Gasteiger partial charge in [-0.25, -0.2) is 0 Å². The molecule has 1 fully saturated rings. The minimum Gasteiger partial charge on any atom is -0.338 e. The van der Waals surface area contributed by atoms with Crippen LogP contribution in [0.15, 0.2) is 24.3 Å². The first-order valence-corrected chi connectivity index (χ1v) is 9.03. The van der Waals surface area contributed by atoms with E-state index in [-0.39, 0.29) is 11.8 Å². The molecule has 0 spiro atoms. The van der Waals surface area contributed by atoms with Gasteiger partial charge in [-0.1, -0.05) is 25.1 Å². The van der Waals surface area contributed by atoms with Crippen LogP contribution in [0.2, 0.25) is 0 Å². The van der Waals surface area contributed by atoms with Crippen LogP contribution in [0.5, 0.6) is 0 Å². The number of carbonyl (C=O) groups excluding carboxylic acids is 2. The summed E-state index contributed by atoms with van der Waals surface area (Å²) in [6, 6.07) is 7.55. The minimum absolute atomic E-state index is 0.0630. The predicted molar refractivity (Wildman–Crippen MR) is 95.0 cm³/mol. The van der Waals surface area contributed by atoms with Gasteiger partial charge >= 0.3 is 0 Å². The van der Waals surface area contributed by atoms with Crippen LogP contribution >= 0.6 is 0 Å². The van der Waals surface area contributed by atoms with Crippen molar-refractivity contribution in [1.82, 2.24) is 9.80 Å². The summed E-state index contributed by atoms with van der Waals surface area (Å²) >= 11 is 0. The van der Waals surface area contributed by atoms with E-state index >= 15 is 0 Å². The second kappa shape index (κ2) is 7.34. The van der Waals surface area contributed by atoms with Gasteiger partial charge < -0.3 is 9.80 Å². The van der Waals surface area contributed by atoms with Crippen LogP contribution in [0.4, 0.5) is 5.69 Å². The van der Waals surface area contributed by atoms with Gasteiger partial charge in [-0.15, -0.1) is 0 Å². The number of rotatable bonds is 3. The third-order valence-electron chi connectivity index (χ3n) is 5.23. The van der Waals surface area contributed by atoms with E-state index in [1.165, 1.54) is 5.56 Å². The molecule has 0 bridgehead atoms. The van der Waals surface area contributed by atoms with E-state index in [1.807, 2.05) is 30.0 Å². The Balaban J connectivity index is 1.79. The van der Waals surface area contributed by atoms with Gasteiger partial charge in [0.05, 0.1) is 0 Å². The fourth-order valence-electron chi connectivity index (χ4n) is 3.73. The van der Waals surface area contributed by atoms with Gasteiger partial charge in [-0.2, -0.15) is 0 Å². The zero-order valence-corrected chi connectivity index (χ0v) is 14.7. The molecule has 1 aromatic carbocycles. The molecule has 0 aliphatic carbocycles. The number of hydrogen-bond donors (Lipinski definition) is 0. The zero-order valence-electron chi connectivity index (χ0n) is 14.7. The van der Waals surface area contributed by atoms with Crippen molar-refractivity contribution >= 4 is 17.5 Å². The number of fused-ring (bicyclic) bond motifs is 1. The summed E-state index contributed by atoms with van der Waals surface area (Å²) in [5.41, 5.74) is 2.08. The Kier molecular flexibility index (Phi) is 5.19. The Morgan fingerprint density at radius 3 is 2.54 bits per heavy atom. The maximum absolute atomic E-state index is 13.0. The van der Waals surface area contributed by atoms with E-state index in [9.17, 15) is 9.59 Å². The largest absolute Gasteiger partial charge is 0.338 e. The van der Waals surface area contributed by atoms with Crippen LogP contribution in [0.3, 0.4) is 0 Å². The first-order chi connectivity index (χ1) is 11.6. The molecule has 5 heteroatoms. The summed E-state index contributed by atoms with van der Waals surface area (Å²) in [7, 11) is 0. The van der Waals surface area contributed by atoms with Crippen molar-refractivity contribution in [2.75, 3.05) is 37.6 Å². The lowest BCUT2D eigenvalue weighted by atomic mass is 10.1. The van der Waals surface area contributed by atoms with Crippen LogP contribution < -0.4 is 4.90 Å². The highest BCUT2D eigenvalue weighted by Gasteiger charge is 2.33. The van der Waals surface area contributed by atoms with E-state index in [4.69, 9.17) is 0 Å². The lowest BCUT2D eigenvalue weighted by Crippen LogP contribution is -2.55. The maximum Gasteiger partial charge on any atom is 0.245 e. The average molecular weight is 329 g/mol. The van der Waals surface area contributed by atoms with Gasteiger partial charge in [0.15, 0.2) is 0 Å². The van der Waals surface area contributed by atoms with Gasteiger partial charge in [-0.3, -0.25) is 14.5 Å². The van der Waals surface area contributed by atoms with Crippen LogP contribution in [-0.4, -0.2) is 60.4 Å². The predicted octanol–water partition coefficient (Wildman–Crippen LogP) is 1.91. The van der Waals surface area contributed by atoms with Crippen molar-refractivity contribution < 1.29 is 9.59 Å². The molecular weight excluding hydrogens is 302 g/mol. The second-order valence-electron chi connectivity index (χ2n) is 6.68. The molecular formula is C19H27N3O2. The van der Waals surface area contributed by atoms with E-state index in [2.05, 4.69) is 17.9 Å². The van der Waals surface area contributed by atoms with Crippen molar-refractivity contribution in [2.24, 2.45) is 0 Å². The molecule has 1 atom stereocenters. The normalized spacial score (nSPS) is 20.5. The molecule has 1 saturated heterocycles. The van der Waals surface area contributed by atoms with Crippen molar-refractivity contribution in [3.8, 4) is 0 Å². The molecule has 1 aromatic rings. The highest BCUT2D eigenvalue weighted by molar-refractivity contribution is 6.01. The Morgan fingerprint density at radius 2 is 1.83 bits per heavy atom. The second-order valence-corrected chi connectivity index (χ2v) is 6.68. The molecule has 24 heavy (non-hydrogen) atoms. The zero-order chi connectivity index (χ0) is 17.1. The highest BCUT2D eigenvalue weighted by atomic mass is 16.2. The van der Waals surface area contributed by atoms with Crippen molar-refractivity contribution in [1.29, 1.82) is 0 Å². The number of anilines is 1. The van der Waals surface area contributed by atoms with Gasteiger partial charge in [0.1, 0.15) is 6.04 Å². The molecule has 0 saturated carbocycles. The maximum atomic E-state index is 13.0. The molecule has 2 heterocycles. The third-order valence-corrected chi connectivity index (χ3v) is 5.23. The Hall–Kier alpha value is -1.88. The fraction of sp³-hybridized carbons (Fsp3) is 0.579. The number of benzene rings is 1. The van der Waals surface area contributed by atoms with E-state index < -0.39 is 6.04 Å². The molecule has 3 rings (SSSR count). The topological polar surface area (TPSA) is 43.9 Å². The standard InChI is InChI=1S/C19H27N3O2/c1-3-20-11-13-21(14-12-20)19(24)15(2)22-17-9-5-4-7-16(17)8-6-10-18(22)23/h4-5,7,9,15H,3,6,8,10-14H2,1-2H3/t15-/m1/s1. The van der Waals surface area contributed by atoms with E-state index in [0.717, 1.165) is 51.3 Å². The molecule has 0 radical (unpaired) electrons. The smallest absolute Gasteiger partial charge is 0.245 e. The Labute approximate surface area is 144 Å². The third kappa shape index (κ3) is 3.31.